The average Bonchev–Trinajstić information content (AvgIpc) is 2.60. The summed E-state index contributed by atoms with van der Waals surface area (Å²) in [6.07, 6.45) is 0. The van der Waals surface area contributed by atoms with Crippen LogP contribution in [0.1, 0.15) is 25.0 Å². The molecule has 0 aliphatic heterocycles. The second-order valence-electron chi connectivity index (χ2n) is 7.30. The van der Waals surface area contributed by atoms with E-state index in [2.05, 4.69) is 79.7 Å². The van der Waals surface area contributed by atoms with Gasteiger partial charge in [0.1, 0.15) is 0 Å². The van der Waals surface area contributed by atoms with Gasteiger partial charge in [-0.15, -0.1) is 0 Å². The molecule has 0 spiro atoms. The van der Waals surface area contributed by atoms with E-state index in [1.54, 1.807) is 0 Å². The fourth-order valence-electron chi connectivity index (χ4n) is 3.68. The quantitative estimate of drug-likeness (QED) is 0.435. The Balaban J connectivity index is 2.15. The van der Waals surface area contributed by atoms with E-state index >= 15 is 0 Å². The lowest BCUT2D eigenvalue weighted by Crippen LogP contribution is -2.17. The molecule has 0 aliphatic carbocycles. The van der Waals surface area contributed by atoms with Crippen molar-refractivity contribution in [1.82, 2.24) is 0 Å². The molecule has 0 bridgehead atoms. The summed E-state index contributed by atoms with van der Waals surface area (Å²) in [5.41, 5.74) is 3.50. The maximum absolute atomic E-state index is 10.7. The Morgan fingerprint density at radius 2 is 1.32 bits per heavy atom. The van der Waals surface area contributed by atoms with Gasteiger partial charge in [-0.05, 0) is 65.1 Å². The van der Waals surface area contributed by atoms with E-state index in [0.717, 1.165) is 16.7 Å². The van der Waals surface area contributed by atoms with E-state index in [-0.39, 0.29) is 0 Å². The van der Waals surface area contributed by atoms with Crippen molar-refractivity contribution in [3.8, 4) is 11.1 Å². The molecule has 25 heavy (non-hydrogen) atoms. The first-order valence-electron chi connectivity index (χ1n) is 8.69. The topological polar surface area (TPSA) is 20.2 Å². The summed E-state index contributed by atoms with van der Waals surface area (Å²) in [5, 5.41) is 15.7. The normalized spacial score (nSPS) is 12.0. The molecule has 0 atom stereocenters. The van der Waals surface area contributed by atoms with Crippen LogP contribution in [-0.2, 0) is 5.60 Å². The molecular weight excluding hydrogens is 304 g/mol. The first-order chi connectivity index (χ1) is 11.9. The van der Waals surface area contributed by atoms with E-state index in [1.165, 1.54) is 27.1 Å². The summed E-state index contributed by atoms with van der Waals surface area (Å²) >= 11 is 0. The fourth-order valence-corrected chi connectivity index (χ4v) is 3.68. The van der Waals surface area contributed by atoms with E-state index in [0.29, 0.717) is 0 Å². The molecule has 4 aromatic carbocycles. The third kappa shape index (κ3) is 2.71. The van der Waals surface area contributed by atoms with Crippen molar-refractivity contribution in [3.63, 3.8) is 0 Å². The fraction of sp³-hybridized carbons (Fsp3) is 0.167. The zero-order chi connectivity index (χ0) is 17.6. The van der Waals surface area contributed by atoms with Gasteiger partial charge in [-0.3, -0.25) is 0 Å². The summed E-state index contributed by atoms with van der Waals surface area (Å²) in [4.78, 5) is 0. The number of hydrogen-bond donors (Lipinski definition) is 1. The van der Waals surface area contributed by atoms with Crippen LogP contribution in [0.3, 0.4) is 0 Å². The van der Waals surface area contributed by atoms with E-state index < -0.39 is 5.60 Å². The van der Waals surface area contributed by atoms with Gasteiger partial charge in [0.15, 0.2) is 0 Å². The highest BCUT2D eigenvalue weighted by atomic mass is 16.3. The molecule has 0 saturated heterocycles. The monoisotopic (exact) mass is 326 g/mol. The predicted octanol–water partition coefficient (Wildman–Crippen LogP) is 6.20. The zero-order valence-corrected chi connectivity index (χ0v) is 14.9. The Morgan fingerprint density at radius 3 is 2.04 bits per heavy atom. The highest BCUT2D eigenvalue weighted by Crippen LogP contribution is 2.39. The van der Waals surface area contributed by atoms with Crippen LogP contribution in [0, 0.1) is 6.92 Å². The molecule has 0 amide bonds. The first kappa shape index (κ1) is 15.9. The second-order valence-corrected chi connectivity index (χ2v) is 7.30. The zero-order valence-electron chi connectivity index (χ0n) is 14.9. The molecule has 0 fully saturated rings. The van der Waals surface area contributed by atoms with Crippen LogP contribution in [0.5, 0.6) is 0 Å². The van der Waals surface area contributed by atoms with Gasteiger partial charge in [-0.25, -0.2) is 0 Å². The van der Waals surface area contributed by atoms with Crippen LogP contribution in [-0.4, -0.2) is 5.11 Å². The second kappa shape index (κ2) is 5.72. The van der Waals surface area contributed by atoms with Crippen molar-refractivity contribution >= 4 is 21.5 Å². The number of benzene rings is 4. The van der Waals surface area contributed by atoms with Crippen molar-refractivity contribution in [2.24, 2.45) is 0 Å². The van der Waals surface area contributed by atoms with Crippen molar-refractivity contribution < 1.29 is 5.11 Å². The molecule has 0 unspecified atom stereocenters. The number of rotatable bonds is 2. The van der Waals surface area contributed by atoms with Crippen molar-refractivity contribution in [1.29, 1.82) is 0 Å². The molecule has 1 heteroatoms. The summed E-state index contributed by atoms with van der Waals surface area (Å²) in [5.74, 6) is 0. The smallest absolute Gasteiger partial charge is 0.0846 e. The molecule has 124 valence electrons. The average molecular weight is 326 g/mol. The van der Waals surface area contributed by atoms with Gasteiger partial charge < -0.3 is 5.11 Å². The molecule has 4 aromatic rings. The van der Waals surface area contributed by atoms with E-state index in [4.69, 9.17) is 0 Å². The Bertz CT molecular complexity index is 1080. The predicted molar refractivity (Wildman–Crippen MR) is 107 cm³/mol. The summed E-state index contributed by atoms with van der Waals surface area (Å²) in [6, 6.07) is 25.6. The largest absolute Gasteiger partial charge is 0.386 e. The molecule has 0 saturated carbocycles. The maximum atomic E-state index is 10.7. The molecule has 0 aliphatic rings. The molecule has 1 N–H and O–H groups in total. The van der Waals surface area contributed by atoms with E-state index in [9.17, 15) is 5.11 Å². The van der Waals surface area contributed by atoms with Gasteiger partial charge in [0, 0.05) is 0 Å². The van der Waals surface area contributed by atoms with Gasteiger partial charge >= 0.3 is 0 Å². The molecule has 0 aromatic heterocycles. The molecule has 4 rings (SSSR count). The Kier molecular flexibility index (Phi) is 3.63. The minimum atomic E-state index is -0.895. The molecule has 0 heterocycles. The number of aliphatic hydroxyl groups is 1. The number of hydrogen-bond acceptors (Lipinski definition) is 1. The lowest BCUT2D eigenvalue weighted by atomic mass is 9.85. The van der Waals surface area contributed by atoms with Crippen molar-refractivity contribution in [2.45, 2.75) is 26.4 Å². The minimum Gasteiger partial charge on any atom is -0.386 e. The molecule has 1 nitrogen and oxygen atoms in total. The van der Waals surface area contributed by atoms with Gasteiger partial charge in [0.25, 0.3) is 0 Å². The lowest BCUT2D eigenvalue weighted by molar-refractivity contribution is 0.0791. The minimum absolute atomic E-state index is 0.895. The standard InChI is InChI=1S/C24H22O/c1-16-12-13-21(23(14-16)24(2,3)25)22-15-17-8-4-5-9-18(17)19-10-6-7-11-20(19)22/h4-15,25H,1-3H3. The van der Waals surface area contributed by atoms with Crippen LogP contribution in [0.2, 0.25) is 0 Å². The van der Waals surface area contributed by atoms with Gasteiger partial charge in [-0.2, -0.15) is 0 Å². The van der Waals surface area contributed by atoms with E-state index in [1.807, 2.05) is 13.8 Å². The van der Waals surface area contributed by atoms with Crippen LogP contribution < -0.4 is 0 Å². The Hall–Kier alpha value is -2.64. The first-order valence-corrected chi connectivity index (χ1v) is 8.69. The molecular formula is C24H22O. The summed E-state index contributed by atoms with van der Waals surface area (Å²) in [7, 11) is 0. The van der Waals surface area contributed by atoms with Crippen LogP contribution in [0.15, 0.2) is 72.8 Å². The van der Waals surface area contributed by atoms with Crippen LogP contribution in [0.4, 0.5) is 0 Å². The van der Waals surface area contributed by atoms with Crippen LogP contribution >= 0.6 is 0 Å². The van der Waals surface area contributed by atoms with Crippen LogP contribution in [0.25, 0.3) is 32.7 Å². The third-order valence-electron chi connectivity index (χ3n) is 4.89. The Morgan fingerprint density at radius 1 is 0.680 bits per heavy atom. The maximum Gasteiger partial charge on any atom is 0.0846 e. The summed E-state index contributed by atoms with van der Waals surface area (Å²) in [6.45, 7) is 5.78. The summed E-state index contributed by atoms with van der Waals surface area (Å²) < 4.78 is 0. The number of aryl methyl sites for hydroxylation is 1. The van der Waals surface area contributed by atoms with Gasteiger partial charge in [-0.1, -0.05) is 72.3 Å². The molecule has 0 radical (unpaired) electrons. The van der Waals surface area contributed by atoms with Crippen molar-refractivity contribution in [3.05, 3.63) is 83.9 Å². The van der Waals surface area contributed by atoms with Gasteiger partial charge in [0.2, 0.25) is 0 Å². The highest BCUT2D eigenvalue weighted by molar-refractivity contribution is 6.13. The Labute approximate surface area is 148 Å². The van der Waals surface area contributed by atoms with Crippen molar-refractivity contribution in [2.75, 3.05) is 0 Å². The highest BCUT2D eigenvalue weighted by Gasteiger charge is 2.22. The lowest BCUT2D eigenvalue weighted by Gasteiger charge is -2.23. The van der Waals surface area contributed by atoms with Gasteiger partial charge in [0.05, 0.1) is 5.60 Å². The SMILES string of the molecule is Cc1ccc(-c2cc3ccccc3c3ccccc23)c(C(C)(C)O)c1. The third-order valence-corrected chi connectivity index (χ3v) is 4.89. The number of fused-ring (bicyclic) bond motifs is 3.